The van der Waals surface area contributed by atoms with Gasteiger partial charge < -0.3 is 10.1 Å². The van der Waals surface area contributed by atoms with E-state index in [9.17, 15) is 13.2 Å². The zero-order valence-corrected chi connectivity index (χ0v) is 19.8. The van der Waals surface area contributed by atoms with Crippen LogP contribution in [0.25, 0.3) is 0 Å². The molecule has 4 rings (SSSR count). The van der Waals surface area contributed by atoms with Crippen LogP contribution in [0.5, 0.6) is 0 Å². The molecule has 1 fully saturated rings. The number of ether oxygens (including phenoxy) is 1. The molecule has 0 aromatic heterocycles. The van der Waals surface area contributed by atoms with Crippen LogP contribution >= 0.6 is 0 Å². The average Bonchev–Trinajstić information content (AvgIpc) is 2.89. The molecule has 178 valence electrons. The lowest BCUT2D eigenvalue weighted by molar-refractivity contribution is 0.0383. The van der Waals surface area contributed by atoms with Crippen molar-refractivity contribution in [2.24, 2.45) is 0 Å². The Hall–Kier alpha value is -3.20. The zero-order valence-electron chi connectivity index (χ0n) is 19.0. The van der Waals surface area contributed by atoms with E-state index in [1.807, 2.05) is 30.3 Å². The fourth-order valence-corrected chi connectivity index (χ4v) is 5.39. The van der Waals surface area contributed by atoms with E-state index in [0.29, 0.717) is 37.6 Å². The highest BCUT2D eigenvalue weighted by Gasteiger charge is 2.28. The minimum Gasteiger partial charge on any atom is -0.379 e. The van der Waals surface area contributed by atoms with Crippen molar-refractivity contribution in [3.05, 3.63) is 96.1 Å². The molecule has 0 bridgehead atoms. The van der Waals surface area contributed by atoms with Gasteiger partial charge in [-0.3, -0.25) is 14.0 Å². The van der Waals surface area contributed by atoms with E-state index < -0.39 is 10.0 Å². The Morgan fingerprint density at radius 2 is 1.50 bits per heavy atom. The van der Waals surface area contributed by atoms with Crippen LogP contribution in [0.1, 0.15) is 15.9 Å². The van der Waals surface area contributed by atoms with Gasteiger partial charge in [0.05, 0.1) is 35.9 Å². The molecule has 1 aliphatic heterocycles. The van der Waals surface area contributed by atoms with E-state index in [0.717, 1.165) is 18.7 Å². The van der Waals surface area contributed by atoms with Gasteiger partial charge in [-0.2, -0.15) is 0 Å². The Morgan fingerprint density at radius 3 is 2.21 bits per heavy atom. The van der Waals surface area contributed by atoms with Crippen molar-refractivity contribution in [1.82, 2.24) is 10.2 Å². The first-order chi connectivity index (χ1) is 16.6. The molecule has 7 nitrogen and oxygen atoms in total. The van der Waals surface area contributed by atoms with Crippen molar-refractivity contribution in [2.75, 3.05) is 43.7 Å². The van der Waals surface area contributed by atoms with Gasteiger partial charge in [-0.25, -0.2) is 8.42 Å². The summed E-state index contributed by atoms with van der Waals surface area (Å²) >= 11 is 0. The molecule has 0 unspecified atom stereocenters. The standard InChI is InChI=1S/C26H29N3O4S/c30-26(27-15-16-28-17-19-33-20-18-28)24-13-7-8-14-25(24)29(21-22-9-3-1-4-10-22)34(31,32)23-11-5-2-6-12-23/h1-14H,15-21H2,(H,27,30). The van der Waals surface area contributed by atoms with Crippen LogP contribution in [0.15, 0.2) is 89.8 Å². The number of carbonyl (C=O) groups is 1. The number of hydrogen-bond donors (Lipinski definition) is 1. The molecule has 0 radical (unpaired) electrons. The third-order valence-corrected chi connectivity index (χ3v) is 7.51. The van der Waals surface area contributed by atoms with Gasteiger partial charge in [0.2, 0.25) is 0 Å². The molecule has 1 heterocycles. The molecule has 34 heavy (non-hydrogen) atoms. The molecule has 1 saturated heterocycles. The SMILES string of the molecule is O=C(NCCN1CCOCC1)c1ccccc1N(Cc1ccccc1)S(=O)(=O)c1ccccc1. The number of rotatable bonds is 9. The van der Waals surface area contributed by atoms with Crippen molar-refractivity contribution < 1.29 is 17.9 Å². The van der Waals surface area contributed by atoms with E-state index in [1.165, 1.54) is 4.31 Å². The smallest absolute Gasteiger partial charge is 0.264 e. The molecule has 0 saturated carbocycles. The predicted octanol–water partition coefficient (Wildman–Crippen LogP) is 3.14. The number of carbonyl (C=O) groups excluding carboxylic acids is 1. The normalized spacial score (nSPS) is 14.5. The van der Waals surface area contributed by atoms with Crippen molar-refractivity contribution in [2.45, 2.75) is 11.4 Å². The second-order valence-corrected chi connectivity index (χ2v) is 9.90. The second kappa shape index (κ2) is 11.3. The van der Waals surface area contributed by atoms with Crippen LogP contribution in [0.4, 0.5) is 5.69 Å². The molecule has 1 aliphatic rings. The lowest BCUT2D eigenvalue weighted by Gasteiger charge is -2.27. The summed E-state index contributed by atoms with van der Waals surface area (Å²) in [4.78, 5) is 15.6. The van der Waals surface area contributed by atoms with Gasteiger partial charge in [-0.05, 0) is 29.8 Å². The summed E-state index contributed by atoms with van der Waals surface area (Å²) in [7, 11) is -3.91. The maximum Gasteiger partial charge on any atom is 0.264 e. The minimum atomic E-state index is -3.91. The first-order valence-electron chi connectivity index (χ1n) is 11.3. The number of para-hydroxylation sites is 1. The molecule has 0 atom stereocenters. The number of nitrogens with one attached hydrogen (secondary N) is 1. The first kappa shape index (κ1) is 23.9. The molecule has 3 aromatic rings. The van der Waals surface area contributed by atoms with Gasteiger partial charge >= 0.3 is 0 Å². The fraction of sp³-hybridized carbons (Fsp3) is 0.269. The zero-order chi connectivity index (χ0) is 23.8. The highest BCUT2D eigenvalue weighted by Crippen LogP contribution is 2.29. The predicted molar refractivity (Wildman–Crippen MR) is 132 cm³/mol. The van der Waals surface area contributed by atoms with Crippen LogP contribution in [0.3, 0.4) is 0 Å². The topological polar surface area (TPSA) is 79.0 Å². The van der Waals surface area contributed by atoms with Gasteiger partial charge in [0.15, 0.2) is 0 Å². The Bertz CT molecular complexity index is 1180. The Labute approximate surface area is 201 Å². The van der Waals surface area contributed by atoms with Gasteiger partial charge in [0.1, 0.15) is 0 Å². The summed E-state index contributed by atoms with van der Waals surface area (Å²) in [5.41, 5.74) is 1.49. The largest absolute Gasteiger partial charge is 0.379 e. The average molecular weight is 480 g/mol. The van der Waals surface area contributed by atoms with Gasteiger partial charge in [-0.1, -0.05) is 60.7 Å². The lowest BCUT2D eigenvalue weighted by Crippen LogP contribution is -2.41. The Kier molecular flexibility index (Phi) is 7.95. The third kappa shape index (κ3) is 5.83. The number of nitrogens with zero attached hydrogens (tertiary/aromatic N) is 2. The van der Waals surface area contributed by atoms with Crippen LogP contribution < -0.4 is 9.62 Å². The number of anilines is 1. The molecule has 3 aromatic carbocycles. The Balaban J connectivity index is 1.62. The number of hydrogen-bond acceptors (Lipinski definition) is 5. The fourth-order valence-electron chi connectivity index (χ4n) is 3.90. The highest BCUT2D eigenvalue weighted by atomic mass is 32.2. The van der Waals surface area contributed by atoms with E-state index in [4.69, 9.17) is 4.74 Å². The van der Waals surface area contributed by atoms with E-state index in [1.54, 1.807) is 54.6 Å². The molecule has 0 spiro atoms. The molecule has 1 amide bonds. The monoisotopic (exact) mass is 479 g/mol. The summed E-state index contributed by atoms with van der Waals surface area (Å²) in [6.07, 6.45) is 0. The molecule has 0 aliphatic carbocycles. The van der Waals surface area contributed by atoms with Crippen LogP contribution in [0, 0.1) is 0 Å². The summed E-state index contributed by atoms with van der Waals surface area (Å²) < 4.78 is 34.1. The molecule has 8 heteroatoms. The van der Waals surface area contributed by atoms with Crippen molar-refractivity contribution >= 4 is 21.6 Å². The van der Waals surface area contributed by atoms with Crippen LogP contribution in [-0.4, -0.2) is 58.6 Å². The number of amides is 1. The molecular weight excluding hydrogens is 450 g/mol. The maximum absolute atomic E-state index is 13.7. The minimum absolute atomic E-state index is 0.107. The Morgan fingerprint density at radius 1 is 0.882 bits per heavy atom. The summed E-state index contributed by atoms with van der Waals surface area (Å²) in [5, 5.41) is 2.95. The summed E-state index contributed by atoms with van der Waals surface area (Å²) in [6, 6.07) is 24.5. The number of benzene rings is 3. The van der Waals surface area contributed by atoms with Gasteiger partial charge in [0.25, 0.3) is 15.9 Å². The number of sulfonamides is 1. The maximum atomic E-state index is 13.7. The quantitative estimate of drug-likeness (QED) is 0.510. The second-order valence-electron chi connectivity index (χ2n) is 8.04. The summed E-state index contributed by atoms with van der Waals surface area (Å²) in [5.74, 6) is -0.301. The van der Waals surface area contributed by atoms with Crippen molar-refractivity contribution in [1.29, 1.82) is 0 Å². The lowest BCUT2D eigenvalue weighted by atomic mass is 10.1. The van der Waals surface area contributed by atoms with Gasteiger partial charge in [0, 0.05) is 26.2 Å². The summed E-state index contributed by atoms with van der Waals surface area (Å²) in [6.45, 7) is 4.37. The van der Waals surface area contributed by atoms with Crippen LogP contribution in [-0.2, 0) is 21.3 Å². The van der Waals surface area contributed by atoms with Crippen molar-refractivity contribution in [3.8, 4) is 0 Å². The van der Waals surface area contributed by atoms with E-state index in [2.05, 4.69) is 10.2 Å². The first-order valence-corrected chi connectivity index (χ1v) is 12.8. The highest BCUT2D eigenvalue weighted by molar-refractivity contribution is 7.92. The van der Waals surface area contributed by atoms with Gasteiger partial charge in [-0.15, -0.1) is 0 Å². The number of morpholine rings is 1. The van der Waals surface area contributed by atoms with E-state index >= 15 is 0 Å². The molecular formula is C26H29N3O4S. The molecule has 1 N–H and O–H groups in total. The van der Waals surface area contributed by atoms with E-state index in [-0.39, 0.29) is 17.3 Å². The third-order valence-electron chi connectivity index (χ3n) is 5.73. The van der Waals surface area contributed by atoms with Crippen molar-refractivity contribution in [3.63, 3.8) is 0 Å². The van der Waals surface area contributed by atoms with Crippen LogP contribution in [0.2, 0.25) is 0 Å².